The van der Waals surface area contributed by atoms with Crippen molar-refractivity contribution < 1.29 is 24.2 Å². The molecule has 1 atom stereocenters. The molecular formula is C10H17N3O5. The van der Waals surface area contributed by atoms with Gasteiger partial charge in [0.1, 0.15) is 6.04 Å². The second kappa shape index (κ2) is 6.20. The molecule has 1 fully saturated rings. The van der Waals surface area contributed by atoms with Crippen molar-refractivity contribution in [2.24, 2.45) is 5.73 Å². The van der Waals surface area contributed by atoms with Crippen LogP contribution in [-0.4, -0.2) is 72.2 Å². The number of carboxylic acid groups (broad SMARTS) is 1. The number of carbonyl (C=O) groups is 3. The standard InChI is InChI=1S/C10H17N3O5/c1-12(3-2-8(14)15)10(17)13-4-5-18-6-7(13)9(11)16/h7H,2-6H2,1H3,(H2,11,16)(H,14,15). The number of primary amides is 1. The van der Waals surface area contributed by atoms with E-state index in [-0.39, 0.29) is 26.1 Å². The summed E-state index contributed by atoms with van der Waals surface area (Å²) in [5.41, 5.74) is 5.19. The van der Waals surface area contributed by atoms with Gasteiger partial charge in [-0.2, -0.15) is 0 Å². The monoisotopic (exact) mass is 259 g/mol. The van der Waals surface area contributed by atoms with Crippen molar-refractivity contribution in [3.63, 3.8) is 0 Å². The van der Waals surface area contributed by atoms with Crippen molar-refractivity contribution in [3.8, 4) is 0 Å². The van der Waals surface area contributed by atoms with Gasteiger partial charge in [-0.25, -0.2) is 4.79 Å². The fourth-order valence-corrected chi connectivity index (χ4v) is 1.65. The van der Waals surface area contributed by atoms with E-state index in [0.29, 0.717) is 6.61 Å². The maximum atomic E-state index is 12.0. The second-order valence-corrected chi connectivity index (χ2v) is 4.03. The highest BCUT2D eigenvalue weighted by Gasteiger charge is 2.32. The minimum Gasteiger partial charge on any atom is -0.481 e. The van der Waals surface area contributed by atoms with E-state index in [1.807, 2.05) is 0 Å². The van der Waals surface area contributed by atoms with Gasteiger partial charge < -0.3 is 25.4 Å². The number of carbonyl (C=O) groups excluding carboxylic acids is 2. The van der Waals surface area contributed by atoms with E-state index in [1.165, 1.54) is 16.8 Å². The first kappa shape index (κ1) is 14.2. The number of aliphatic carboxylic acids is 1. The van der Waals surface area contributed by atoms with Gasteiger partial charge in [0.25, 0.3) is 0 Å². The van der Waals surface area contributed by atoms with Crippen LogP contribution >= 0.6 is 0 Å². The molecule has 0 aromatic heterocycles. The molecule has 1 aliphatic rings. The predicted octanol–water partition coefficient (Wildman–Crippen LogP) is -1.30. The van der Waals surface area contributed by atoms with Gasteiger partial charge >= 0.3 is 12.0 Å². The molecule has 8 nitrogen and oxygen atoms in total. The number of hydrogen-bond acceptors (Lipinski definition) is 4. The number of carboxylic acids is 1. The molecule has 0 aliphatic carbocycles. The van der Waals surface area contributed by atoms with Gasteiger partial charge in [-0.15, -0.1) is 0 Å². The maximum Gasteiger partial charge on any atom is 0.320 e. The number of rotatable bonds is 4. The Morgan fingerprint density at radius 2 is 2.17 bits per heavy atom. The normalized spacial score (nSPS) is 19.4. The SMILES string of the molecule is CN(CCC(=O)O)C(=O)N1CCOCC1C(N)=O. The summed E-state index contributed by atoms with van der Waals surface area (Å²) in [4.78, 5) is 36.2. The number of nitrogens with zero attached hydrogens (tertiary/aromatic N) is 2. The fourth-order valence-electron chi connectivity index (χ4n) is 1.65. The Hall–Kier alpha value is -1.83. The summed E-state index contributed by atoms with van der Waals surface area (Å²) in [5, 5.41) is 8.55. The zero-order valence-corrected chi connectivity index (χ0v) is 10.2. The molecular weight excluding hydrogens is 242 g/mol. The van der Waals surface area contributed by atoms with Crippen LogP contribution in [0.4, 0.5) is 4.79 Å². The zero-order chi connectivity index (χ0) is 13.7. The number of hydrogen-bond donors (Lipinski definition) is 2. The Bertz CT molecular complexity index is 346. The Kier molecular flexibility index (Phi) is 4.90. The lowest BCUT2D eigenvalue weighted by molar-refractivity contribution is -0.137. The minimum atomic E-state index is -0.983. The molecule has 0 spiro atoms. The van der Waals surface area contributed by atoms with Crippen LogP contribution in [0.3, 0.4) is 0 Å². The summed E-state index contributed by atoms with van der Waals surface area (Å²) < 4.78 is 5.09. The fraction of sp³-hybridized carbons (Fsp3) is 0.700. The molecule has 0 aromatic carbocycles. The molecule has 3 N–H and O–H groups in total. The first-order valence-corrected chi connectivity index (χ1v) is 5.54. The molecule has 0 aromatic rings. The minimum absolute atomic E-state index is 0.0772. The molecule has 18 heavy (non-hydrogen) atoms. The van der Waals surface area contributed by atoms with Gasteiger partial charge in [-0.3, -0.25) is 9.59 Å². The van der Waals surface area contributed by atoms with Crippen LogP contribution < -0.4 is 5.73 Å². The van der Waals surface area contributed by atoms with Gasteiger partial charge in [-0.05, 0) is 0 Å². The smallest absolute Gasteiger partial charge is 0.320 e. The second-order valence-electron chi connectivity index (χ2n) is 4.03. The molecule has 0 radical (unpaired) electrons. The van der Waals surface area contributed by atoms with Crippen LogP contribution in [0.2, 0.25) is 0 Å². The van der Waals surface area contributed by atoms with Crippen LogP contribution in [0, 0.1) is 0 Å². The molecule has 1 aliphatic heterocycles. The van der Waals surface area contributed by atoms with Crippen LogP contribution in [0.25, 0.3) is 0 Å². The summed E-state index contributed by atoms with van der Waals surface area (Å²) in [6.45, 7) is 0.761. The number of nitrogens with two attached hydrogens (primary N) is 1. The van der Waals surface area contributed by atoms with Gasteiger partial charge in [0, 0.05) is 20.1 Å². The van der Waals surface area contributed by atoms with Crippen LogP contribution in [0.15, 0.2) is 0 Å². The lowest BCUT2D eigenvalue weighted by Gasteiger charge is -2.36. The van der Waals surface area contributed by atoms with E-state index < -0.39 is 23.9 Å². The van der Waals surface area contributed by atoms with Crippen molar-refractivity contribution in [2.45, 2.75) is 12.5 Å². The Labute approximate surface area is 104 Å². The largest absolute Gasteiger partial charge is 0.481 e. The first-order chi connectivity index (χ1) is 8.43. The van der Waals surface area contributed by atoms with Crippen LogP contribution in [-0.2, 0) is 14.3 Å². The van der Waals surface area contributed by atoms with E-state index in [1.54, 1.807) is 0 Å². The third kappa shape index (κ3) is 3.59. The summed E-state index contributed by atoms with van der Waals surface area (Å²) >= 11 is 0. The van der Waals surface area contributed by atoms with Gasteiger partial charge in [0.05, 0.1) is 19.6 Å². The van der Waals surface area contributed by atoms with E-state index >= 15 is 0 Å². The lowest BCUT2D eigenvalue weighted by atomic mass is 10.2. The number of amides is 3. The summed E-state index contributed by atoms with van der Waals surface area (Å²) in [6.07, 6.45) is -0.145. The summed E-state index contributed by atoms with van der Waals surface area (Å²) in [7, 11) is 1.48. The lowest BCUT2D eigenvalue weighted by Crippen LogP contribution is -2.57. The molecule has 1 saturated heterocycles. The Balaban J connectivity index is 2.62. The predicted molar refractivity (Wildman–Crippen MR) is 60.8 cm³/mol. The molecule has 1 unspecified atom stereocenters. The van der Waals surface area contributed by atoms with Crippen molar-refractivity contribution in [1.29, 1.82) is 0 Å². The van der Waals surface area contributed by atoms with E-state index in [2.05, 4.69) is 0 Å². The van der Waals surface area contributed by atoms with Crippen molar-refractivity contribution in [3.05, 3.63) is 0 Å². The van der Waals surface area contributed by atoms with Gasteiger partial charge in [-0.1, -0.05) is 0 Å². The molecule has 0 saturated carbocycles. The summed E-state index contributed by atoms with van der Waals surface area (Å²) in [6, 6.07) is -1.21. The van der Waals surface area contributed by atoms with Crippen LogP contribution in [0.5, 0.6) is 0 Å². The van der Waals surface area contributed by atoms with Crippen LogP contribution in [0.1, 0.15) is 6.42 Å². The van der Waals surface area contributed by atoms with Crippen molar-refractivity contribution >= 4 is 17.9 Å². The van der Waals surface area contributed by atoms with E-state index in [9.17, 15) is 14.4 Å². The Morgan fingerprint density at radius 3 is 2.72 bits per heavy atom. The number of ether oxygens (including phenoxy) is 1. The zero-order valence-electron chi connectivity index (χ0n) is 10.2. The Morgan fingerprint density at radius 1 is 1.50 bits per heavy atom. The molecule has 3 amide bonds. The highest BCUT2D eigenvalue weighted by Crippen LogP contribution is 2.09. The average Bonchev–Trinajstić information content (AvgIpc) is 2.34. The first-order valence-electron chi connectivity index (χ1n) is 5.54. The summed E-state index contributed by atoms with van der Waals surface area (Å²) in [5.74, 6) is -1.61. The van der Waals surface area contributed by atoms with Crippen molar-refractivity contribution in [2.75, 3.05) is 33.4 Å². The number of morpholine rings is 1. The third-order valence-electron chi connectivity index (χ3n) is 2.69. The molecule has 0 bridgehead atoms. The maximum absolute atomic E-state index is 12.0. The van der Waals surface area contributed by atoms with E-state index in [4.69, 9.17) is 15.6 Å². The number of urea groups is 1. The molecule has 1 rings (SSSR count). The van der Waals surface area contributed by atoms with Gasteiger partial charge in [0.2, 0.25) is 5.91 Å². The highest BCUT2D eigenvalue weighted by molar-refractivity contribution is 5.86. The highest BCUT2D eigenvalue weighted by atomic mass is 16.5. The topological polar surface area (TPSA) is 113 Å². The molecule has 8 heteroatoms. The van der Waals surface area contributed by atoms with E-state index in [0.717, 1.165) is 0 Å². The quantitative estimate of drug-likeness (QED) is 0.651. The third-order valence-corrected chi connectivity index (χ3v) is 2.69. The molecule has 1 heterocycles. The van der Waals surface area contributed by atoms with Gasteiger partial charge in [0.15, 0.2) is 0 Å². The van der Waals surface area contributed by atoms with Crippen molar-refractivity contribution in [1.82, 2.24) is 9.80 Å². The molecule has 102 valence electrons. The average molecular weight is 259 g/mol.